The fourth-order valence-electron chi connectivity index (χ4n) is 4.25. The third-order valence-electron chi connectivity index (χ3n) is 5.24. The van der Waals surface area contributed by atoms with Crippen LogP contribution in [0.1, 0.15) is 36.5 Å². The zero-order valence-corrected chi connectivity index (χ0v) is 15.6. The lowest BCUT2D eigenvalue weighted by atomic mass is 9.91. The first kappa shape index (κ1) is 16.8. The van der Waals surface area contributed by atoms with E-state index < -0.39 is 0 Å². The molecule has 2 atom stereocenters. The van der Waals surface area contributed by atoms with Crippen LogP contribution in [0.5, 0.6) is 0 Å². The summed E-state index contributed by atoms with van der Waals surface area (Å²) in [6, 6.07) is 16.1. The van der Waals surface area contributed by atoms with Crippen LogP contribution in [0.2, 0.25) is 0 Å². The molecule has 1 fully saturated rings. The molecule has 0 saturated carbocycles. The summed E-state index contributed by atoms with van der Waals surface area (Å²) >= 11 is 0. The first-order chi connectivity index (χ1) is 12.5. The standard InChI is InChI=1S/C22H25N3O/c1-15-11-16(2)14-24(13-15)22(26)18-9-10-21-20(12-18)23-17(3)25(21)19-7-5-4-6-8-19/h4-10,12,15-16H,11,13-14H2,1-3H3. The van der Waals surface area contributed by atoms with E-state index >= 15 is 0 Å². The van der Waals surface area contributed by atoms with Crippen LogP contribution in [-0.2, 0) is 0 Å². The molecule has 2 heterocycles. The average Bonchev–Trinajstić information content (AvgIpc) is 2.95. The number of aryl methyl sites for hydroxylation is 1. The van der Waals surface area contributed by atoms with Gasteiger partial charge in [0.1, 0.15) is 5.82 Å². The Morgan fingerprint density at radius 2 is 1.73 bits per heavy atom. The summed E-state index contributed by atoms with van der Waals surface area (Å²) in [7, 11) is 0. The molecule has 0 radical (unpaired) electrons. The molecule has 1 aliphatic heterocycles. The summed E-state index contributed by atoms with van der Waals surface area (Å²) in [4.78, 5) is 19.7. The number of carbonyl (C=O) groups is 1. The van der Waals surface area contributed by atoms with Crippen LogP contribution in [0.4, 0.5) is 0 Å². The van der Waals surface area contributed by atoms with Crippen molar-refractivity contribution in [2.45, 2.75) is 27.2 Å². The highest BCUT2D eigenvalue weighted by molar-refractivity contribution is 5.97. The Morgan fingerprint density at radius 3 is 2.42 bits per heavy atom. The zero-order chi connectivity index (χ0) is 18.3. The lowest BCUT2D eigenvalue weighted by molar-refractivity contribution is 0.0623. The minimum absolute atomic E-state index is 0.122. The molecule has 4 heteroatoms. The SMILES string of the molecule is Cc1nc2cc(C(=O)N3CC(C)CC(C)C3)ccc2n1-c1ccccc1. The van der Waals surface area contributed by atoms with Gasteiger partial charge in [0.2, 0.25) is 0 Å². The first-order valence-corrected chi connectivity index (χ1v) is 9.36. The fourth-order valence-corrected chi connectivity index (χ4v) is 4.25. The molecule has 4 rings (SSSR count). The van der Waals surface area contributed by atoms with E-state index in [0.717, 1.165) is 41.2 Å². The van der Waals surface area contributed by atoms with E-state index in [0.29, 0.717) is 11.8 Å². The molecule has 0 aliphatic carbocycles. The topological polar surface area (TPSA) is 38.1 Å². The van der Waals surface area contributed by atoms with Crippen molar-refractivity contribution >= 4 is 16.9 Å². The maximum atomic E-state index is 13.0. The molecule has 0 spiro atoms. The van der Waals surface area contributed by atoms with Gasteiger partial charge in [-0.3, -0.25) is 9.36 Å². The molecule has 26 heavy (non-hydrogen) atoms. The highest BCUT2D eigenvalue weighted by Gasteiger charge is 2.26. The van der Waals surface area contributed by atoms with Crippen LogP contribution in [0.25, 0.3) is 16.7 Å². The van der Waals surface area contributed by atoms with Gasteiger partial charge in [-0.15, -0.1) is 0 Å². The second-order valence-corrected chi connectivity index (χ2v) is 7.69. The molecule has 1 saturated heterocycles. The van der Waals surface area contributed by atoms with E-state index in [-0.39, 0.29) is 5.91 Å². The predicted molar refractivity (Wildman–Crippen MR) is 105 cm³/mol. The monoisotopic (exact) mass is 347 g/mol. The second kappa shape index (κ2) is 6.60. The summed E-state index contributed by atoms with van der Waals surface area (Å²) in [6.45, 7) is 8.15. The number of benzene rings is 2. The van der Waals surface area contributed by atoms with Crippen molar-refractivity contribution in [1.82, 2.24) is 14.5 Å². The Bertz CT molecular complexity index is 935. The molecular formula is C22H25N3O. The van der Waals surface area contributed by atoms with Crippen molar-refractivity contribution in [3.8, 4) is 5.69 Å². The van der Waals surface area contributed by atoms with Crippen LogP contribution in [0.15, 0.2) is 48.5 Å². The molecule has 134 valence electrons. The predicted octanol–water partition coefficient (Wildman–Crippen LogP) is 4.45. The molecule has 0 bridgehead atoms. The van der Waals surface area contributed by atoms with Crippen molar-refractivity contribution in [3.63, 3.8) is 0 Å². The minimum atomic E-state index is 0.122. The van der Waals surface area contributed by atoms with Gasteiger partial charge in [-0.2, -0.15) is 0 Å². The number of para-hydroxylation sites is 1. The number of carbonyl (C=O) groups excluding carboxylic acids is 1. The van der Waals surface area contributed by atoms with Gasteiger partial charge in [-0.25, -0.2) is 4.98 Å². The van der Waals surface area contributed by atoms with E-state index in [1.54, 1.807) is 0 Å². The van der Waals surface area contributed by atoms with Crippen LogP contribution in [0.3, 0.4) is 0 Å². The normalized spacial score (nSPS) is 20.5. The Balaban J connectivity index is 1.70. The Labute approximate surface area is 154 Å². The second-order valence-electron chi connectivity index (χ2n) is 7.69. The highest BCUT2D eigenvalue weighted by atomic mass is 16.2. The molecule has 3 aromatic rings. The largest absolute Gasteiger partial charge is 0.338 e. The van der Waals surface area contributed by atoms with Crippen molar-refractivity contribution in [3.05, 3.63) is 59.9 Å². The molecule has 1 amide bonds. The molecule has 2 aromatic carbocycles. The smallest absolute Gasteiger partial charge is 0.253 e. The third kappa shape index (κ3) is 3.00. The zero-order valence-electron chi connectivity index (χ0n) is 15.6. The van der Waals surface area contributed by atoms with E-state index in [1.807, 2.05) is 48.2 Å². The number of amides is 1. The lowest BCUT2D eigenvalue weighted by Gasteiger charge is -2.35. The molecule has 2 unspecified atom stereocenters. The van der Waals surface area contributed by atoms with Crippen molar-refractivity contribution in [2.75, 3.05) is 13.1 Å². The number of likely N-dealkylation sites (tertiary alicyclic amines) is 1. The van der Waals surface area contributed by atoms with Crippen LogP contribution < -0.4 is 0 Å². The fraction of sp³-hybridized carbons (Fsp3) is 0.364. The number of imidazole rings is 1. The Hall–Kier alpha value is -2.62. The quantitative estimate of drug-likeness (QED) is 0.687. The number of hydrogen-bond acceptors (Lipinski definition) is 2. The van der Waals surface area contributed by atoms with Gasteiger partial charge < -0.3 is 4.90 Å². The first-order valence-electron chi connectivity index (χ1n) is 9.36. The van der Waals surface area contributed by atoms with Crippen LogP contribution >= 0.6 is 0 Å². The molecule has 1 aromatic heterocycles. The van der Waals surface area contributed by atoms with Gasteiger partial charge in [-0.05, 0) is 55.5 Å². The summed E-state index contributed by atoms with van der Waals surface area (Å²) in [6.07, 6.45) is 1.20. The number of nitrogens with zero attached hydrogens (tertiary/aromatic N) is 3. The molecule has 1 aliphatic rings. The number of rotatable bonds is 2. The molecule has 4 nitrogen and oxygen atoms in total. The number of fused-ring (bicyclic) bond motifs is 1. The van der Waals surface area contributed by atoms with E-state index in [4.69, 9.17) is 4.98 Å². The summed E-state index contributed by atoms with van der Waals surface area (Å²) < 4.78 is 2.13. The number of hydrogen-bond donors (Lipinski definition) is 0. The average molecular weight is 347 g/mol. The van der Waals surface area contributed by atoms with E-state index in [1.165, 1.54) is 6.42 Å². The Morgan fingerprint density at radius 1 is 1.04 bits per heavy atom. The third-order valence-corrected chi connectivity index (χ3v) is 5.24. The van der Waals surface area contributed by atoms with Crippen molar-refractivity contribution in [1.29, 1.82) is 0 Å². The lowest BCUT2D eigenvalue weighted by Crippen LogP contribution is -2.42. The maximum Gasteiger partial charge on any atom is 0.253 e. The van der Waals surface area contributed by atoms with Gasteiger partial charge in [-0.1, -0.05) is 32.0 Å². The molecule has 0 N–H and O–H groups in total. The maximum absolute atomic E-state index is 13.0. The van der Waals surface area contributed by atoms with Crippen LogP contribution in [0, 0.1) is 18.8 Å². The van der Waals surface area contributed by atoms with Gasteiger partial charge in [0.05, 0.1) is 11.0 Å². The summed E-state index contributed by atoms with van der Waals surface area (Å²) in [5.41, 5.74) is 3.72. The van der Waals surface area contributed by atoms with E-state index in [2.05, 4.69) is 30.5 Å². The summed E-state index contributed by atoms with van der Waals surface area (Å²) in [5.74, 6) is 2.17. The number of aromatic nitrogens is 2. The van der Waals surface area contributed by atoms with Gasteiger partial charge >= 0.3 is 0 Å². The minimum Gasteiger partial charge on any atom is -0.338 e. The van der Waals surface area contributed by atoms with Crippen molar-refractivity contribution in [2.24, 2.45) is 11.8 Å². The van der Waals surface area contributed by atoms with Crippen LogP contribution in [-0.4, -0.2) is 33.4 Å². The van der Waals surface area contributed by atoms with E-state index in [9.17, 15) is 4.79 Å². The Kier molecular flexibility index (Phi) is 4.27. The van der Waals surface area contributed by atoms with Gasteiger partial charge in [0, 0.05) is 24.3 Å². The summed E-state index contributed by atoms with van der Waals surface area (Å²) in [5, 5.41) is 0. The van der Waals surface area contributed by atoms with Gasteiger partial charge in [0.25, 0.3) is 5.91 Å². The highest BCUT2D eigenvalue weighted by Crippen LogP contribution is 2.25. The number of piperidine rings is 1. The van der Waals surface area contributed by atoms with Gasteiger partial charge in [0.15, 0.2) is 0 Å². The molecular weight excluding hydrogens is 322 g/mol. The van der Waals surface area contributed by atoms with Crippen molar-refractivity contribution < 1.29 is 4.79 Å².